The molecule has 0 bridgehead atoms. The number of carbonyl (C=O) groups excluding carboxylic acids is 1. The van der Waals surface area contributed by atoms with Crippen molar-refractivity contribution in [3.63, 3.8) is 0 Å². The minimum Gasteiger partial charge on any atom is -0.409 e. The molecule has 5 nitrogen and oxygen atoms in total. The molecule has 1 amide bonds. The summed E-state index contributed by atoms with van der Waals surface area (Å²) in [6, 6.07) is 0. The Morgan fingerprint density at radius 2 is 1.95 bits per heavy atom. The molecule has 1 aliphatic rings. The summed E-state index contributed by atoms with van der Waals surface area (Å²) in [5.41, 5.74) is 5.06. The normalized spacial score (nSPS) is 20.4. The Kier molecular flexibility index (Phi) is 4.65. The summed E-state index contributed by atoms with van der Waals surface area (Å²) in [4.78, 5) is 13.0. The van der Waals surface area contributed by atoms with Crippen LogP contribution in [-0.4, -0.2) is 41.1 Å². The van der Waals surface area contributed by atoms with Crippen molar-refractivity contribution in [1.82, 2.24) is 4.90 Å². The van der Waals surface area contributed by atoms with Crippen LogP contribution in [-0.2, 0) is 4.79 Å². The largest absolute Gasteiger partial charge is 0.409 e. The Balaban J connectivity index is 2.48. The lowest BCUT2D eigenvalue weighted by molar-refractivity contribution is -0.150. The van der Waals surface area contributed by atoms with E-state index < -0.39 is 30.3 Å². The predicted molar refractivity (Wildman–Crippen MR) is 62.6 cm³/mol. The molecule has 8 heteroatoms. The molecule has 110 valence electrons. The number of carbonyl (C=O) groups is 1. The number of piperidine rings is 1. The third kappa shape index (κ3) is 4.29. The van der Waals surface area contributed by atoms with Gasteiger partial charge in [-0.15, -0.1) is 0 Å². The number of oxime groups is 1. The highest BCUT2D eigenvalue weighted by molar-refractivity contribution is 5.86. The second kappa shape index (κ2) is 5.66. The summed E-state index contributed by atoms with van der Waals surface area (Å²) in [5.74, 6) is -0.409. The van der Waals surface area contributed by atoms with Gasteiger partial charge in [-0.05, 0) is 12.8 Å². The van der Waals surface area contributed by atoms with E-state index in [0.29, 0.717) is 25.9 Å². The maximum absolute atomic E-state index is 12.0. The second-order valence-corrected chi connectivity index (χ2v) is 5.04. The van der Waals surface area contributed by atoms with E-state index in [-0.39, 0.29) is 5.84 Å². The van der Waals surface area contributed by atoms with Gasteiger partial charge in [0.05, 0.1) is 6.42 Å². The SMILES string of the molecule is CC1(C(N)=NO)CCN(C(=O)CCC(F)(F)F)CC1. The lowest BCUT2D eigenvalue weighted by Crippen LogP contribution is -2.47. The van der Waals surface area contributed by atoms with Gasteiger partial charge < -0.3 is 15.8 Å². The zero-order valence-electron chi connectivity index (χ0n) is 10.7. The van der Waals surface area contributed by atoms with Crippen molar-refractivity contribution in [2.75, 3.05) is 13.1 Å². The van der Waals surface area contributed by atoms with Crippen molar-refractivity contribution in [1.29, 1.82) is 0 Å². The summed E-state index contributed by atoms with van der Waals surface area (Å²) < 4.78 is 36.1. The van der Waals surface area contributed by atoms with E-state index in [4.69, 9.17) is 10.9 Å². The van der Waals surface area contributed by atoms with E-state index in [0.717, 1.165) is 0 Å². The van der Waals surface area contributed by atoms with E-state index in [1.807, 2.05) is 0 Å². The molecule has 0 aliphatic carbocycles. The molecular formula is C11H18F3N3O2. The number of hydrogen-bond donors (Lipinski definition) is 2. The van der Waals surface area contributed by atoms with E-state index in [9.17, 15) is 18.0 Å². The predicted octanol–water partition coefficient (Wildman–Crippen LogP) is 1.70. The van der Waals surface area contributed by atoms with E-state index in [1.54, 1.807) is 6.92 Å². The van der Waals surface area contributed by atoms with Gasteiger partial charge in [-0.25, -0.2) is 0 Å². The van der Waals surface area contributed by atoms with Gasteiger partial charge in [0.1, 0.15) is 5.84 Å². The fraction of sp³-hybridized carbons (Fsp3) is 0.818. The molecule has 0 unspecified atom stereocenters. The van der Waals surface area contributed by atoms with Crippen molar-refractivity contribution < 1.29 is 23.2 Å². The van der Waals surface area contributed by atoms with Gasteiger partial charge in [-0.2, -0.15) is 13.2 Å². The molecule has 1 heterocycles. The summed E-state index contributed by atoms with van der Waals surface area (Å²) in [6.45, 7) is 2.45. The van der Waals surface area contributed by atoms with Crippen LogP contribution in [0.25, 0.3) is 0 Å². The maximum atomic E-state index is 12.0. The number of hydrogen-bond acceptors (Lipinski definition) is 3. The van der Waals surface area contributed by atoms with Crippen LogP contribution in [0.5, 0.6) is 0 Å². The monoisotopic (exact) mass is 281 g/mol. The van der Waals surface area contributed by atoms with Crippen LogP contribution in [0, 0.1) is 5.41 Å². The van der Waals surface area contributed by atoms with Crippen LogP contribution >= 0.6 is 0 Å². The van der Waals surface area contributed by atoms with Crippen LogP contribution in [0.1, 0.15) is 32.6 Å². The average molecular weight is 281 g/mol. The van der Waals surface area contributed by atoms with Crippen LogP contribution < -0.4 is 5.73 Å². The molecule has 0 aromatic carbocycles. The summed E-state index contributed by atoms with van der Waals surface area (Å²) in [5, 5.41) is 11.6. The number of nitrogens with zero attached hydrogens (tertiary/aromatic N) is 2. The average Bonchev–Trinajstić information content (AvgIpc) is 2.35. The van der Waals surface area contributed by atoms with E-state index >= 15 is 0 Å². The molecule has 1 rings (SSSR count). The van der Waals surface area contributed by atoms with Crippen molar-refractivity contribution in [3.8, 4) is 0 Å². The van der Waals surface area contributed by atoms with Gasteiger partial charge in [-0.3, -0.25) is 4.79 Å². The molecule has 0 aromatic heterocycles. The quantitative estimate of drug-likeness (QED) is 0.358. The number of amides is 1. The Bertz CT molecular complexity index is 361. The van der Waals surface area contributed by atoms with Crippen LogP contribution in [0.4, 0.5) is 13.2 Å². The summed E-state index contributed by atoms with van der Waals surface area (Å²) in [6.07, 6.45) is -4.99. The highest BCUT2D eigenvalue weighted by Gasteiger charge is 2.36. The minimum atomic E-state index is -4.31. The molecule has 3 N–H and O–H groups in total. The van der Waals surface area contributed by atoms with Crippen molar-refractivity contribution in [2.45, 2.75) is 38.8 Å². The van der Waals surface area contributed by atoms with Crippen molar-refractivity contribution >= 4 is 11.7 Å². The molecule has 19 heavy (non-hydrogen) atoms. The van der Waals surface area contributed by atoms with Crippen molar-refractivity contribution in [2.24, 2.45) is 16.3 Å². The van der Waals surface area contributed by atoms with Gasteiger partial charge in [0.25, 0.3) is 0 Å². The molecule has 0 atom stereocenters. The second-order valence-electron chi connectivity index (χ2n) is 5.04. The lowest BCUT2D eigenvalue weighted by Gasteiger charge is -2.38. The van der Waals surface area contributed by atoms with Gasteiger partial charge in [0, 0.05) is 24.9 Å². The van der Waals surface area contributed by atoms with Gasteiger partial charge in [-0.1, -0.05) is 12.1 Å². The third-order valence-corrected chi connectivity index (χ3v) is 3.57. The van der Waals surface area contributed by atoms with E-state index in [1.165, 1.54) is 4.90 Å². The number of nitrogens with two attached hydrogens (primary N) is 1. The molecule has 0 spiro atoms. The summed E-state index contributed by atoms with van der Waals surface area (Å²) >= 11 is 0. The Morgan fingerprint density at radius 1 is 1.42 bits per heavy atom. The van der Waals surface area contributed by atoms with Gasteiger partial charge in [0.15, 0.2) is 0 Å². The Morgan fingerprint density at radius 3 is 2.37 bits per heavy atom. The molecule has 1 fully saturated rings. The first-order valence-electron chi connectivity index (χ1n) is 6.00. The first-order valence-corrected chi connectivity index (χ1v) is 6.00. The van der Waals surface area contributed by atoms with Gasteiger partial charge in [0.2, 0.25) is 5.91 Å². The van der Waals surface area contributed by atoms with Crippen LogP contribution in [0.15, 0.2) is 5.16 Å². The van der Waals surface area contributed by atoms with Gasteiger partial charge >= 0.3 is 6.18 Å². The first-order chi connectivity index (χ1) is 8.68. The Hall–Kier alpha value is -1.47. The Labute approximate surface area is 109 Å². The first kappa shape index (κ1) is 15.6. The van der Waals surface area contributed by atoms with Crippen molar-refractivity contribution in [3.05, 3.63) is 0 Å². The standard InChI is InChI=1S/C11H18F3N3O2/c1-10(9(15)16-19)4-6-17(7-5-10)8(18)2-3-11(12,13)14/h19H,2-7H2,1H3,(H2,15,16). The molecule has 1 saturated heterocycles. The highest BCUT2D eigenvalue weighted by Crippen LogP contribution is 2.31. The number of likely N-dealkylation sites (tertiary alicyclic amines) is 1. The number of halogens is 3. The van der Waals surface area contributed by atoms with E-state index in [2.05, 4.69) is 5.16 Å². The molecule has 0 radical (unpaired) electrons. The van der Waals surface area contributed by atoms with Crippen LogP contribution in [0.2, 0.25) is 0 Å². The van der Waals surface area contributed by atoms with Crippen LogP contribution in [0.3, 0.4) is 0 Å². The summed E-state index contributed by atoms with van der Waals surface area (Å²) in [7, 11) is 0. The molecule has 1 aliphatic heterocycles. The number of alkyl halides is 3. The number of rotatable bonds is 3. The fourth-order valence-corrected chi connectivity index (χ4v) is 2.03. The fourth-order valence-electron chi connectivity index (χ4n) is 2.03. The molecule has 0 saturated carbocycles. The third-order valence-electron chi connectivity index (χ3n) is 3.57. The minimum absolute atomic E-state index is 0.0925. The zero-order chi connectivity index (χ0) is 14.7. The topological polar surface area (TPSA) is 78.9 Å². The smallest absolute Gasteiger partial charge is 0.389 e. The number of amidine groups is 1. The highest BCUT2D eigenvalue weighted by atomic mass is 19.4. The molecular weight excluding hydrogens is 263 g/mol. The maximum Gasteiger partial charge on any atom is 0.389 e. The zero-order valence-corrected chi connectivity index (χ0v) is 10.7. The molecule has 0 aromatic rings. The lowest BCUT2D eigenvalue weighted by atomic mass is 9.79.